The molecule has 2 aromatic carbocycles. The number of benzene rings is 2. The van der Waals surface area contributed by atoms with Crippen molar-refractivity contribution in [3.8, 4) is 0 Å². The van der Waals surface area contributed by atoms with E-state index in [2.05, 4.69) is 5.32 Å². The first kappa shape index (κ1) is 30.5. The van der Waals surface area contributed by atoms with E-state index < -0.39 is 28.5 Å². The van der Waals surface area contributed by atoms with Crippen LogP contribution >= 0.6 is 46.4 Å². The number of anilines is 1. The van der Waals surface area contributed by atoms with Gasteiger partial charge in [0, 0.05) is 22.6 Å². The van der Waals surface area contributed by atoms with Crippen LogP contribution in [0.5, 0.6) is 0 Å². The van der Waals surface area contributed by atoms with Crippen LogP contribution in [0.4, 0.5) is 5.69 Å². The molecule has 2 amide bonds. The van der Waals surface area contributed by atoms with Gasteiger partial charge in [0.1, 0.15) is 12.6 Å². The summed E-state index contributed by atoms with van der Waals surface area (Å²) in [5, 5.41) is 3.76. The number of hydrogen-bond donors (Lipinski definition) is 1. The van der Waals surface area contributed by atoms with Gasteiger partial charge in [0.05, 0.1) is 22.0 Å². The molecule has 7 nitrogen and oxygen atoms in total. The number of nitrogens with zero attached hydrogens (tertiary/aromatic N) is 2. The molecule has 198 valence electrons. The van der Waals surface area contributed by atoms with E-state index in [9.17, 15) is 18.0 Å². The third kappa shape index (κ3) is 7.89. The summed E-state index contributed by atoms with van der Waals surface area (Å²) in [4.78, 5) is 28.2. The zero-order valence-corrected chi connectivity index (χ0v) is 24.2. The van der Waals surface area contributed by atoms with Crippen LogP contribution in [-0.2, 0) is 26.2 Å². The molecule has 0 bridgehead atoms. The van der Waals surface area contributed by atoms with E-state index in [0.717, 1.165) is 10.6 Å². The van der Waals surface area contributed by atoms with Crippen LogP contribution < -0.4 is 9.62 Å². The lowest BCUT2D eigenvalue weighted by atomic mass is 10.1. The Morgan fingerprint density at radius 1 is 1.00 bits per heavy atom. The fourth-order valence-corrected chi connectivity index (χ4v) is 5.24. The van der Waals surface area contributed by atoms with E-state index in [1.807, 2.05) is 13.8 Å². The van der Waals surface area contributed by atoms with E-state index in [-0.39, 0.29) is 40.6 Å². The Balaban J connectivity index is 2.52. The lowest BCUT2D eigenvalue weighted by molar-refractivity contribution is -0.140. The van der Waals surface area contributed by atoms with Gasteiger partial charge in [0.25, 0.3) is 0 Å². The Kier molecular flexibility index (Phi) is 11.2. The Hall–Kier alpha value is -1.71. The lowest BCUT2D eigenvalue weighted by Crippen LogP contribution is -2.53. The van der Waals surface area contributed by atoms with Gasteiger partial charge in [-0.15, -0.1) is 0 Å². The van der Waals surface area contributed by atoms with Crippen molar-refractivity contribution >= 4 is 73.9 Å². The van der Waals surface area contributed by atoms with Gasteiger partial charge in [0.2, 0.25) is 21.8 Å². The smallest absolute Gasteiger partial charge is 0.244 e. The molecular formula is C24H29Cl4N3O4S. The molecule has 1 N–H and O–H groups in total. The van der Waals surface area contributed by atoms with Gasteiger partial charge in [0.15, 0.2) is 0 Å². The van der Waals surface area contributed by atoms with Crippen LogP contribution in [0, 0.1) is 0 Å². The minimum atomic E-state index is -3.95. The second-order valence-electron chi connectivity index (χ2n) is 8.34. The molecule has 2 atom stereocenters. The van der Waals surface area contributed by atoms with Crippen molar-refractivity contribution in [2.24, 2.45) is 0 Å². The first-order valence-electron chi connectivity index (χ1n) is 11.3. The molecule has 0 fully saturated rings. The first-order valence-corrected chi connectivity index (χ1v) is 14.6. The number of nitrogens with one attached hydrogen (secondary N) is 1. The molecular weight excluding hydrogens is 568 g/mol. The molecule has 0 saturated carbocycles. The van der Waals surface area contributed by atoms with E-state index in [4.69, 9.17) is 46.4 Å². The van der Waals surface area contributed by atoms with Crippen molar-refractivity contribution in [3.05, 3.63) is 62.1 Å². The molecule has 0 aliphatic rings. The van der Waals surface area contributed by atoms with Crippen molar-refractivity contribution in [1.82, 2.24) is 10.2 Å². The average Bonchev–Trinajstić information content (AvgIpc) is 2.79. The standard InChI is InChI=1S/C24H29Cl4N3O4S/c1-5-15(3)29-24(33)20(6-2)30(13-16-10-11-17(25)12-19(16)27)22(32)14-31(36(4,34)35)21-9-7-8-18(26)23(21)28/h7-12,15,20H,5-6,13-14H2,1-4H3,(H,29,33). The molecule has 0 saturated heterocycles. The third-order valence-electron chi connectivity index (χ3n) is 5.62. The highest BCUT2D eigenvalue weighted by Crippen LogP contribution is 2.34. The van der Waals surface area contributed by atoms with Crippen LogP contribution in [0.3, 0.4) is 0 Å². The molecule has 0 aliphatic heterocycles. The van der Waals surface area contributed by atoms with Gasteiger partial charge in [-0.25, -0.2) is 8.42 Å². The number of carbonyl (C=O) groups is 2. The highest BCUT2D eigenvalue weighted by molar-refractivity contribution is 7.92. The zero-order valence-electron chi connectivity index (χ0n) is 20.4. The molecule has 0 spiro atoms. The molecule has 0 aromatic heterocycles. The number of sulfonamides is 1. The topological polar surface area (TPSA) is 86.8 Å². The fourth-order valence-electron chi connectivity index (χ4n) is 3.47. The van der Waals surface area contributed by atoms with Gasteiger partial charge >= 0.3 is 0 Å². The van der Waals surface area contributed by atoms with E-state index in [1.54, 1.807) is 19.1 Å². The molecule has 2 aromatic rings. The molecule has 2 rings (SSSR count). The number of halogens is 4. The molecule has 0 radical (unpaired) electrons. The lowest BCUT2D eigenvalue weighted by Gasteiger charge is -2.33. The van der Waals surface area contributed by atoms with Gasteiger partial charge in [-0.3, -0.25) is 13.9 Å². The highest BCUT2D eigenvalue weighted by Gasteiger charge is 2.33. The van der Waals surface area contributed by atoms with Crippen LogP contribution in [0.2, 0.25) is 20.1 Å². The minimum Gasteiger partial charge on any atom is -0.352 e. The second-order valence-corrected chi connectivity index (χ2v) is 11.9. The molecule has 0 heterocycles. The van der Waals surface area contributed by atoms with Crippen LogP contribution in [0.1, 0.15) is 39.2 Å². The van der Waals surface area contributed by atoms with Gasteiger partial charge in [-0.2, -0.15) is 0 Å². The van der Waals surface area contributed by atoms with Gasteiger partial charge in [-0.1, -0.05) is 72.4 Å². The second kappa shape index (κ2) is 13.2. The summed E-state index contributed by atoms with van der Waals surface area (Å²) in [5.74, 6) is -0.967. The summed E-state index contributed by atoms with van der Waals surface area (Å²) in [5.41, 5.74) is 0.609. The number of carbonyl (C=O) groups excluding carboxylic acids is 2. The predicted molar refractivity (Wildman–Crippen MR) is 148 cm³/mol. The Morgan fingerprint density at radius 3 is 2.22 bits per heavy atom. The quantitative estimate of drug-likeness (QED) is 0.356. The van der Waals surface area contributed by atoms with Crippen molar-refractivity contribution in [2.45, 2.75) is 52.2 Å². The monoisotopic (exact) mass is 595 g/mol. The highest BCUT2D eigenvalue weighted by atomic mass is 35.5. The maximum absolute atomic E-state index is 13.7. The number of amides is 2. The largest absolute Gasteiger partial charge is 0.352 e. The van der Waals surface area contributed by atoms with Crippen LogP contribution in [0.25, 0.3) is 0 Å². The van der Waals surface area contributed by atoms with Gasteiger partial charge < -0.3 is 10.2 Å². The molecule has 0 aliphatic carbocycles. The average molecular weight is 597 g/mol. The Morgan fingerprint density at radius 2 is 1.67 bits per heavy atom. The van der Waals surface area contributed by atoms with Crippen molar-refractivity contribution in [1.29, 1.82) is 0 Å². The Labute approximate surface area is 232 Å². The van der Waals surface area contributed by atoms with E-state index in [0.29, 0.717) is 22.0 Å². The molecule has 2 unspecified atom stereocenters. The van der Waals surface area contributed by atoms with Crippen LogP contribution in [-0.4, -0.2) is 50.0 Å². The SMILES string of the molecule is CCC(C)NC(=O)C(CC)N(Cc1ccc(Cl)cc1Cl)C(=O)CN(c1cccc(Cl)c1Cl)S(C)(=O)=O. The fraction of sp³-hybridized carbons (Fsp3) is 0.417. The number of hydrogen-bond acceptors (Lipinski definition) is 4. The Bertz CT molecular complexity index is 1210. The summed E-state index contributed by atoms with van der Waals surface area (Å²) in [7, 11) is -3.95. The maximum atomic E-state index is 13.7. The number of rotatable bonds is 11. The van der Waals surface area contributed by atoms with Crippen molar-refractivity contribution < 1.29 is 18.0 Å². The summed E-state index contributed by atoms with van der Waals surface area (Å²) in [6, 6.07) is 8.33. The molecule has 36 heavy (non-hydrogen) atoms. The minimum absolute atomic E-state index is 0.00811. The zero-order chi connectivity index (χ0) is 27.2. The first-order chi connectivity index (χ1) is 16.8. The summed E-state index contributed by atoms with van der Waals surface area (Å²) >= 11 is 24.8. The summed E-state index contributed by atoms with van der Waals surface area (Å²) < 4.78 is 26.3. The van der Waals surface area contributed by atoms with Gasteiger partial charge in [-0.05, 0) is 49.6 Å². The van der Waals surface area contributed by atoms with Crippen molar-refractivity contribution in [2.75, 3.05) is 17.1 Å². The van der Waals surface area contributed by atoms with Crippen molar-refractivity contribution in [3.63, 3.8) is 0 Å². The summed E-state index contributed by atoms with van der Waals surface area (Å²) in [6.45, 7) is 4.92. The van der Waals surface area contributed by atoms with E-state index >= 15 is 0 Å². The van der Waals surface area contributed by atoms with E-state index in [1.165, 1.54) is 29.2 Å². The van der Waals surface area contributed by atoms with Crippen LogP contribution in [0.15, 0.2) is 36.4 Å². The summed E-state index contributed by atoms with van der Waals surface area (Å²) in [6.07, 6.45) is 1.95. The normalized spacial score (nSPS) is 13.1. The maximum Gasteiger partial charge on any atom is 0.244 e. The third-order valence-corrected chi connectivity index (χ3v) is 8.14. The predicted octanol–water partition coefficient (Wildman–Crippen LogP) is 5.79. The molecule has 12 heteroatoms.